The maximum atomic E-state index is 6.84. The maximum Gasteiger partial charge on any atom is 0.210 e. The van der Waals surface area contributed by atoms with Gasteiger partial charge >= 0.3 is 0 Å². The van der Waals surface area contributed by atoms with E-state index in [9.17, 15) is 0 Å². The van der Waals surface area contributed by atoms with E-state index in [4.69, 9.17) is 1.43 Å². The molecular formula is C12H18BOS. The molecule has 1 saturated heterocycles. The van der Waals surface area contributed by atoms with Crippen molar-refractivity contribution in [2.24, 2.45) is 5.92 Å². The molecule has 1 fully saturated rings. The number of thiophene rings is 1. The van der Waals surface area contributed by atoms with Gasteiger partial charge in [0.2, 0.25) is 1.43 Å². The normalized spacial score (nSPS) is 26.3. The molecule has 0 unspecified atom stereocenters. The standard InChI is InChI=1S/C12H18BOS/c14-9-10-6-7-13-12(10)5-1-3-11-4-2-8-15-11/h2,4,8,10,12,14H,1,3,5-7,9H2/t10-,12-/m1/s1/i14D. The van der Waals surface area contributed by atoms with Crippen LogP contribution >= 0.6 is 11.3 Å². The Kier molecular flexibility index (Phi) is 3.78. The van der Waals surface area contributed by atoms with Crippen LogP contribution in [0.25, 0.3) is 0 Å². The monoisotopic (exact) mass is 222 g/mol. The quantitative estimate of drug-likeness (QED) is 0.733. The van der Waals surface area contributed by atoms with Gasteiger partial charge in [0.05, 0.1) is 0 Å². The number of hydrogen-bond acceptors (Lipinski definition) is 2. The van der Waals surface area contributed by atoms with Gasteiger partial charge in [-0.1, -0.05) is 31.0 Å². The van der Waals surface area contributed by atoms with E-state index in [0.717, 1.165) is 0 Å². The van der Waals surface area contributed by atoms with Crippen molar-refractivity contribution in [1.82, 2.24) is 0 Å². The van der Waals surface area contributed by atoms with Gasteiger partial charge in [-0.2, -0.15) is 0 Å². The van der Waals surface area contributed by atoms with Crippen molar-refractivity contribution in [2.45, 2.75) is 37.8 Å². The summed E-state index contributed by atoms with van der Waals surface area (Å²) in [5, 5.41) is 6.69. The lowest BCUT2D eigenvalue weighted by atomic mass is 9.63. The van der Waals surface area contributed by atoms with Crippen molar-refractivity contribution >= 4 is 18.6 Å². The van der Waals surface area contributed by atoms with Crippen LogP contribution in [0.3, 0.4) is 0 Å². The second-order valence-electron chi connectivity index (χ2n) is 4.38. The Hall–Kier alpha value is -0.275. The third-order valence-electron chi connectivity index (χ3n) is 3.37. The Morgan fingerprint density at radius 3 is 3.47 bits per heavy atom. The van der Waals surface area contributed by atoms with Crippen molar-refractivity contribution in [2.75, 3.05) is 6.61 Å². The number of aliphatic hydroxyl groups is 1. The second-order valence-corrected chi connectivity index (χ2v) is 5.41. The molecule has 2 atom stereocenters. The van der Waals surface area contributed by atoms with Crippen molar-refractivity contribution in [3.8, 4) is 0 Å². The minimum atomic E-state index is 0.598. The lowest BCUT2D eigenvalue weighted by molar-refractivity contribution is 0.219. The maximum absolute atomic E-state index is 6.84. The second kappa shape index (κ2) is 5.71. The van der Waals surface area contributed by atoms with E-state index in [-0.39, 0.29) is 0 Å². The summed E-state index contributed by atoms with van der Waals surface area (Å²) in [6.45, 7) is 0.611. The zero-order valence-corrected chi connectivity index (χ0v) is 9.84. The summed E-state index contributed by atoms with van der Waals surface area (Å²) in [6.07, 6.45) is 6.14. The Morgan fingerprint density at radius 1 is 1.67 bits per heavy atom. The molecule has 0 amide bonds. The van der Waals surface area contributed by atoms with Crippen molar-refractivity contribution < 1.29 is 5.11 Å². The first-order valence-electron chi connectivity index (χ1n) is 6.25. The summed E-state index contributed by atoms with van der Waals surface area (Å²) in [4.78, 5) is 1.49. The third kappa shape index (κ3) is 3.09. The zero-order chi connectivity index (χ0) is 11.2. The van der Waals surface area contributed by atoms with Crippen molar-refractivity contribution in [3.63, 3.8) is 0 Å². The first-order valence-corrected chi connectivity index (χ1v) is 6.72. The molecule has 1 aromatic rings. The molecular weight excluding hydrogens is 203 g/mol. The summed E-state index contributed by atoms with van der Waals surface area (Å²) < 4.78 is 6.84. The van der Waals surface area contributed by atoms with E-state index in [1.165, 1.54) is 36.9 Å². The SMILES string of the molecule is [2H]OC[C@H]1CC[B][C@@H]1CCCc1cccs1. The van der Waals surface area contributed by atoms with Gasteiger partial charge in [-0.25, -0.2) is 0 Å². The summed E-state index contributed by atoms with van der Waals surface area (Å²) in [6, 6.07) is 4.34. The van der Waals surface area contributed by atoms with Crippen LogP contribution in [-0.4, -0.2) is 20.4 Å². The van der Waals surface area contributed by atoms with E-state index in [1.54, 1.807) is 0 Å². The minimum Gasteiger partial charge on any atom is -0.396 e. The molecule has 0 aromatic carbocycles. The van der Waals surface area contributed by atoms with E-state index < -0.39 is 0 Å². The predicted octanol–water partition coefficient (Wildman–Crippen LogP) is 2.99. The molecule has 0 saturated carbocycles. The van der Waals surface area contributed by atoms with Gasteiger partial charge in [0.25, 0.3) is 0 Å². The smallest absolute Gasteiger partial charge is 0.210 e. The van der Waals surface area contributed by atoms with E-state index in [0.29, 0.717) is 18.3 Å². The molecule has 1 nitrogen and oxygen atoms in total. The highest BCUT2D eigenvalue weighted by Gasteiger charge is 2.26. The van der Waals surface area contributed by atoms with Gasteiger partial charge in [-0.3, -0.25) is 0 Å². The van der Waals surface area contributed by atoms with Crippen molar-refractivity contribution in [1.29, 1.82) is 1.43 Å². The average Bonchev–Trinajstić information content (AvgIpc) is 2.91. The average molecular weight is 222 g/mol. The largest absolute Gasteiger partial charge is 0.396 e. The van der Waals surface area contributed by atoms with Gasteiger partial charge in [-0.15, -0.1) is 11.3 Å². The van der Waals surface area contributed by atoms with Gasteiger partial charge in [0.1, 0.15) is 7.28 Å². The van der Waals surface area contributed by atoms with Crippen LogP contribution in [0.4, 0.5) is 0 Å². The fourth-order valence-corrected chi connectivity index (χ4v) is 3.21. The predicted molar refractivity (Wildman–Crippen MR) is 66.8 cm³/mol. The highest BCUT2D eigenvalue weighted by atomic mass is 32.1. The highest BCUT2D eigenvalue weighted by Crippen LogP contribution is 2.35. The molecule has 2 heterocycles. The summed E-state index contributed by atoms with van der Waals surface area (Å²) in [5.41, 5.74) is 0. The van der Waals surface area contributed by atoms with E-state index in [1.807, 2.05) is 11.3 Å². The summed E-state index contributed by atoms with van der Waals surface area (Å²) >= 11 is 1.85. The molecule has 1 aliphatic rings. The van der Waals surface area contributed by atoms with Crippen LogP contribution in [0.2, 0.25) is 12.1 Å². The number of hydrogen-bond donors (Lipinski definition) is 1. The molecule has 0 bridgehead atoms. The molecule has 3 heteroatoms. The summed E-state index contributed by atoms with van der Waals surface area (Å²) in [7, 11) is 2.43. The first-order chi connectivity index (χ1) is 7.90. The third-order valence-corrected chi connectivity index (χ3v) is 4.30. The molecule has 1 aromatic heterocycles. The molecule has 0 aliphatic carbocycles. The van der Waals surface area contributed by atoms with Gasteiger partial charge in [0, 0.05) is 11.5 Å². The van der Waals surface area contributed by atoms with Crippen LogP contribution in [0.15, 0.2) is 17.5 Å². The van der Waals surface area contributed by atoms with Gasteiger partial charge in [0.15, 0.2) is 0 Å². The molecule has 1 aliphatic heterocycles. The zero-order valence-electron chi connectivity index (χ0n) is 10.0. The van der Waals surface area contributed by atoms with Crippen LogP contribution in [0.1, 0.15) is 24.1 Å². The fraction of sp³-hybridized carbons (Fsp3) is 0.667. The lowest BCUT2D eigenvalue weighted by Crippen LogP contribution is -2.10. The van der Waals surface area contributed by atoms with E-state index in [2.05, 4.69) is 29.9 Å². The number of aliphatic hydroxyl groups excluding tert-OH is 1. The summed E-state index contributed by atoms with van der Waals surface area (Å²) in [5.74, 6) is 1.28. The Bertz CT molecular complexity index is 291. The molecule has 81 valence electrons. The van der Waals surface area contributed by atoms with Crippen molar-refractivity contribution in [3.05, 3.63) is 22.4 Å². The number of rotatable bonds is 6. The Balaban J connectivity index is 1.69. The Morgan fingerprint density at radius 2 is 2.67 bits per heavy atom. The van der Waals surface area contributed by atoms with Gasteiger partial charge < -0.3 is 5.11 Å². The molecule has 1 N–H and O–H groups in total. The van der Waals surface area contributed by atoms with Crippen LogP contribution < -0.4 is 0 Å². The molecule has 15 heavy (non-hydrogen) atoms. The fourth-order valence-electron chi connectivity index (χ4n) is 2.46. The minimum absolute atomic E-state index is 0.598. The van der Waals surface area contributed by atoms with E-state index >= 15 is 0 Å². The molecule has 1 radical (unpaired) electrons. The number of aryl methyl sites for hydroxylation is 1. The molecule has 0 spiro atoms. The molecule has 2 rings (SSSR count). The van der Waals surface area contributed by atoms with Gasteiger partial charge in [-0.05, 0) is 30.2 Å². The van der Waals surface area contributed by atoms with Crippen LogP contribution in [-0.2, 0) is 6.42 Å². The lowest BCUT2D eigenvalue weighted by Gasteiger charge is -2.16. The highest BCUT2D eigenvalue weighted by molar-refractivity contribution is 7.09. The first kappa shape index (κ1) is 9.92. The Labute approximate surface area is 98.3 Å². The topological polar surface area (TPSA) is 20.2 Å². The van der Waals surface area contributed by atoms with Crippen LogP contribution in [0, 0.1) is 5.92 Å². The van der Waals surface area contributed by atoms with Crippen LogP contribution in [0.5, 0.6) is 0 Å².